The monoisotopic (exact) mass is 306 g/mol. The number of morpholine rings is 1. The number of likely N-dealkylation sites (N-methyl/N-ethyl adjacent to an activating group) is 1. The summed E-state index contributed by atoms with van der Waals surface area (Å²) in [5.74, 6) is 0.0126. The molecule has 122 valence electrons. The highest BCUT2D eigenvalue weighted by atomic mass is 16.5. The van der Waals surface area contributed by atoms with E-state index in [1.54, 1.807) is 0 Å². The van der Waals surface area contributed by atoms with Crippen LogP contribution in [0.3, 0.4) is 0 Å². The van der Waals surface area contributed by atoms with E-state index in [9.17, 15) is 4.79 Å². The van der Waals surface area contributed by atoms with Crippen LogP contribution in [0.1, 0.15) is 0 Å². The average Bonchev–Trinajstić information content (AvgIpc) is 2.54. The summed E-state index contributed by atoms with van der Waals surface area (Å²) in [4.78, 5) is 16.2. The van der Waals surface area contributed by atoms with Crippen molar-refractivity contribution in [3.05, 3.63) is 24.3 Å². The van der Waals surface area contributed by atoms with Gasteiger partial charge in [0.25, 0.3) is 0 Å². The zero-order chi connectivity index (χ0) is 15.8. The number of rotatable bonds is 7. The minimum absolute atomic E-state index is 0.0126. The largest absolute Gasteiger partial charge is 0.378 e. The summed E-state index contributed by atoms with van der Waals surface area (Å²) in [6.07, 6.45) is 0. The first-order valence-corrected chi connectivity index (χ1v) is 7.74. The third kappa shape index (κ3) is 5.20. The third-order valence-corrected chi connectivity index (χ3v) is 3.58. The molecule has 0 radical (unpaired) electrons. The van der Waals surface area contributed by atoms with Crippen LogP contribution in [0.15, 0.2) is 24.3 Å². The highest BCUT2D eigenvalue weighted by Crippen LogP contribution is 2.25. The smallest absolute Gasteiger partial charge is 0.239 e. The second-order valence-corrected chi connectivity index (χ2v) is 5.62. The molecule has 2 N–H and O–H groups in total. The van der Waals surface area contributed by atoms with Gasteiger partial charge in [0.15, 0.2) is 0 Å². The van der Waals surface area contributed by atoms with Crippen LogP contribution in [-0.2, 0) is 9.53 Å². The molecule has 22 heavy (non-hydrogen) atoms. The molecule has 0 aromatic heterocycles. The van der Waals surface area contributed by atoms with Crippen LogP contribution in [0.5, 0.6) is 0 Å². The minimum atomic E-state index is 0.0126. The maximum atomic E-state index is 11.9. The number of para-hydroxylation sites is 2. The molecule has 6 nitrogen and oxygen atoms in total. The molecule has 1 aliphatic heterocycles. The molecule has 0 saturated carbocycles. The second kappa shape index (κ2) is 8.60. The van der Waals surface area contributed by atoms with Gasteiger partial charge in [0.1, 0.15) is 0 Å². The van der Waals surface area contributed by atoms with E-state index in [-0.39, 0.29) is 12.5 Å². The van der Waals surface area contributed by atoms with E-state index in [1.807, 2.05) is 37.2 Å². The predicted molar refractivity (Wildman–Crippen MR) is 89.5 cm³/mol. The van der Waals surface area contributed by atoms with Gasteiger partial charge in [-0.3, -0.25) is 4.79 Å². The Labute approximate surface area is 132 Å². The summed E-state index contributed by atoms with van der Waals surface area (Å²) in [6, 6.07) is 8.10. The summed E-state index contributed by atoms with van der Waals surface area (Å²) < 4.78 is 5.39. The van der Waals surface area contributed by atoms with E-state index < -0.39 is 0 Å². The van der Waals surface area contributed by atoms with Crippen LogP contribution in [-0.4, -0.2) is 70.8 Å². The zero-order valence-corrected chi connectivity index (χ0v) is 13.5. The Morgan fingerprint density at radius 1 is 1.27 bits per heavy atom. The van der Waals surface area contributed by atoms with Gasteiger partial charge >= 0.3 is 0 Å². The standard InChI is InChI=1S/C16H26N4O2/c1-19(2)8-7-17-16(21)13-18-14-5-3-4-6-15(14)20-9-11-22-12-10-20/h3-6,18H,7-13H2,1-2H3,(H,17,21). The summed E-state index contributed by atoms with van der Waals surface area (Å²) in [6.45, 7) is 5.06. The molecule has 1 aliphatic rings. The van der Waals surface area contributed by atoms with Crippen LogP contribution in [0.4, 0.5) is 11.4 Å². The van der Waals surface area contributed by atoms with Crippen molar-refractivity contribution in [2.45, 2.75) is 0 Å². The third-order valence-electron chi connectivity index (χ3n) is 3.58. The Hall–Kier alpha value is -1.79. The maximum Gasteiger partial charge on any atom is 0.239 e. The Kier molecular flexibility index (Phi) is 6.48. The quantitative estimate of drug-likeness (QED) is 0.773. The highest BCUT2D eigenvalue weighted by molar-refractivity contribution is 5.82. The van der Waals surface area contributed by atoms with Crippen LogP contribution >= 0.6 is 0 Å². The number of anilines is 2. The first-order chi connectivity index (χ1) is 10.7. The first-order valence-electron chi connectivity index (χ1n) is 7.74. The molecule has 1 fully saturated rings. The van der Waals surface area contributed by atoms with Crippen LogP contribution < -0.4 is 15.5 Å². The molecule has 1 saturated heterocycles. The van der Waals surface area contributed by atoms with Crippen molar-refractivity contribution in [3.63, 3.8) is 0 Å². The van der Waals surface area contributed by atoms with Gasteiger partial charge in [-0.1, -0.05) is 12.1 Å². The number of benzene rings is 1. The zero-order valence-electron chi connectivity index (χ0n) is 13.5. The number of nitrogens with one attached hydrogen (secondary N) is 2. The number of amides is 1. The molecule has 6 heteroatoms. The van der Waals surface area contributed by atoms with Gasteiger partial charge in [-0.2, -0.15) is 0 Å². The van der Waals surface area contributed by atoms with Crippen molar-refractivity contribution >= 4 is 17.3 Å². The van der Waals surface area contributed by atoms with E-state index in [0.29, 0.717) is 6.54 Å². The number of hydrogen-bond donors (Lipinski definition) is 2. The lowest BCUT2D eigenvalue weighted by atomic mass is 10.2. The topological polar surface area (TPSA) is 56.8 Å². The van der Waals surface area contributed by atoms with Crippen LogP contribution in [0, 0.1) is 0 Å². The Morgan fingerprint density at radius 3 is 2.73 bits per heavy atom. The van der Waals surface area contributed by atoms with Gasteiger partial charge in [0.2, 0.25) is 5.91 Å². The second-order valence-electron chi connectivity index (χ2n) is 5.62. The van der Waals surface area contributed by atoms with Crippen molar-refractivity contribution in [2.24, 2.45) is 0 Å². The summed E-state index contributed by atoms with van der Waals surface area (Å²) in [5.41, 5.74) is 2.12. The highest BCUT2D eigenvalue weighted by Gasteiger charge is 2.14. The Bertz CT molecular complexity index is 473. The Morgan fingerprint density at radius 2 is 2.00 bits per heavy atom. The van der Waals surface area contributed by atoms with E-state index >= 15 is 0 Å². The molecule has 1 aromatic rings. The number of carbonyl (C=O) groups is 1. The fraction of sp³-hybridized carbons (Fsp3) is 0.562. The first kappa shape index (κ1) is 16.6. The van der Waals surface area contributed by atoms with Crippen LogP contribution in [0.2, 0.25) is 0 Å². The number of nitrogens with zero attached hydrogens (tertiary/aromatic N) is 2. The predicted octanol–water partition coefficient (Wildman–Crippen LogP) is 0.613. The lowest BCUT2D eigenvalue weighted by molar-refractivity contribution is -0.119. The van der Waals surface area contributed by atoms with Crippen molar-refractivity contribution in [1.82, 2.24) is 10.2 Å². The number of carbonyl (C=O) groups excluding carboxylic acids is 1. The number of ether oxygens (including phenoxy) is 1. The summed E-state index contributed by atoms with van der Waals surface area (Å²) in [5, 5.41) is 6.15. The summed E-state index contributed by atoms with van der Waals surface area (Å²) >= 11 is 0. The van der Waals surface area contributed by atoms with E-state index in [4.69, 9.17) is 4.74 Å². The molecule has 0 spiro atoms. The fourth-order valence-electron chi connectivity index (χ4n) is 2.36. The van der Waals surface area contributed by atoms with E-state index in [0.717, 1.165) is 44.2 Å². The normalized spacial score (nSPS) is 15.0. The van der Waals surface area contributed by atoms with Gasteiger partial charge in [0, 0.05) is 26.2 Å². The van der Waals surface area contributed by atoms with Crippen molar-refractivity contribution < 1.29 is 9.53 Å². The summed E-state index contributed by atoms with van der Waals surface area (Å²) in [7, 11) is 3.98. The molecule has 0 aliphatic carbocycles. The molecular weight excluding hydrogens is 280 g/mol. The molecule has 1 amide bonds. The molecule has 1 heterocycles. The van der Waals surface area contributed by atoms with Gasteiger partial charge in [-0.25, -0.2) is 0 Å². The Balaban J connectivity index is 1.85. The van der Waals surface area contributed by atoms with E-state index in [1.165, 1.54) is 0 Å². The van der Waals surface area contributed by atoms with Gasteiger partial charge in [-0.05, 0) is 26.2 Å². The maximum absolute atomic E-state index is 11.9. The van der Waals surface area contributed by atoms with Gasteiger partial charge in [0.05, 0.1) is 31.1 Å². The lowest BCUT2D eigenvalue weighted by Gasteiger charge is -2.30. The minimum Gasteiger partial charge on any atom is -0.378 e. The van der Waals surface area contributed by atoms with Gasteiger partial charge in [-0.15, -0.1) is 0 Å². The van der Waals surface area contributed by atoms with E-state index in [2.05, 4.69) is 21.6 Å². The van der Waals surface area contributed by atoms with Gasteiger partial charge < -0.3 is 25.2 Å². The molecular formula is C16H26N4O2. The fourth-order valence-corrected chi connectivity index (χ4v) is 2.36. The molecule has 2 rings (SSSR count). The molecule has 1 aromatic carbocycles. The van der Waals surface area contributed by atoms with Crippen LogP contribution in [0.25, 0.3) is 0 Å². The van der Waals surface area contributed by atoms with Crippen molar-refractivity contribution in [3.8, 4) is 0 Å². The molecule has 0 unspecified atom stereocenters. The average molecular weight is 306 g/mol. The van der Waals surface area contributed by atoms with Crippen molar-refractivity contribution in [1.29, 1.82) is 0 Å². The SMILES string of the molecule is CN(C)CCNC(=O)CNc1ccccc1N1CCOCC1. The molecule has 0 atom stereocenters. The lowest BCUT2D eigenvalue weighted by Crippen LogP contribution is -2.37. The number of hydrogen-bond acceptors (Lipinski definition) is 5. The van der Waals surface area contributed by atoms with Crippen molar-refractivity contribution in [2.75, 3.05) is 70.2 Å². The molecule has 0 bridgehead atoms.